The lowest BCUT2D eigenvalue weighted by Gasteiger charge is -2.20. The maximum absolute atomic E-state index is 12.8. The fourth-order valence-electron chi connectivity index (χ4n) is 3.01. The van der Waals surface area contributed by atoms with Crippen molar-refractivity contribution < 1.29 is 22.6 Å². The summed E-state index contributed by atoms with van der Waals surface area (Å²) in [6.07, 6.45) is -4.39. The van der Waals surface area contributed by atoms with E-state index >= 15 is 0 Å². The van der Waals surface area contributed by atoms with Gasteiger partial charge in [-0.15, -0.1) is 5.10 Å². The van der Waals surface area contributed by atoms with Crippen LogP contribution in [0.3, 0.4) is 0 Å². The highest BCUT2D eigenvalue weighted by Crippen LogP contribution is 2.30. The van der Waals surface area contributed by atoms with Crippen molar-refractivity contribution >= 4 is 0 Å². The van der Waals surface area contributed by atoms with E-state index < -0.39 is 11.7 Å². The zero-order valence-electron chi connectivity index (χ0n) is 16.8. The molecule has 0 fully saturated rings. The van der Waals surface area contributed by atoms with Gasteiger partial charge in [-0.1, -0.05) is 13.0 Å². The molecule has 7 nitrogen and oxygen atoms in total. The molecule has 0 spiro atoms. The second-order valence-electron chi connectivity index (χ2n) is 6.54. The quantitative estimate of drug-likeness (QED) is 0.552. The van der Waals surface area contributed by atoms with Gasteiger partial charge in [0.25, 0.3) is 0 Å². The Morgan fingerprint density at radius 3 is 2.27 bits per heavy atom. The Bertz CT molecular complexity index is 973. The van der Waals surface area contributed by atoms with Crippen molar-refractivity contribution in [1.82, 2.24) is 25.1 Å². The van der Waals surface area contributed by atoms with Gasteiger partial charge in [0, 0.05) is 6.54 Å². The summed E-state index contributed by atoms with van der Waals surface area (Å²) in [5, 5.41) is 11.7. The van der Waals surface area contributed by atoms with Crippen molar-refractivity contribution in [3.05, 3.63) is 59.4 Å². The number of tetrazole rings is 1. The summed E-state index contributed by atoms with van der Waals surface area (Å²) in [4.78, 5) is 2.10. The predicted molar refractivity (Wildman–Crippen MR) is 103 cm³/mol. The molecule has 10 heteroatoms. The lowest BCUT2D eigenvalue weighted by Crippen LogP contribution is -2.24. The van der Waals surface area contributed by atoms with Crippen LogP contribution in [0.5, 0.6) is 11.5 Å². The summed E-state index contributed by atoms with van der Waals surface area (Å²) in [5.74, 6) is 1.81. The van der Waals surface area contributed by atoms with E-state index in [2.05, 4.69) is 20.4 Å². The zero-order chi connectivity index (χ0) is 21.7. The normalized spacial score (nSPS) is 11.7. The molecule has 30 heavy (non-hydrogen) atoms. The van der Waals surface area contributed by atoms with Crippen LogP contribution in [0.15, 0.2) is 42.5 Å². The van der Waals surface area contributed by atoms with Crippen LogP contribution in [0.4, 0.5) is 13.2 Å². The van der Waals surface area contributed by atoms with E-state index in [1.165, 1.54) is 16.8 Å². The van der Waals surface area contributed by atoms with Crippen LogP contribution in [0.1, 0.15) is 23.9 Å². The maximum Gasteiger partial charge on any atom is 0.416 e. The Morgan fingerprint density at radius 1 is 0.967 bits per heavy atom. The number of rotatable bonds is 8. The monoisotopic (exact) mass is 421 g/mol. The first kappa shape index (κ1) is 21.6. The first-order valence-corrected chi connectivity index (χ1v) is 9.23. The maximum atomic E-state index is 12.8. The molecule has 160 valence electrons. The molecule has 0 aliphatic carbocycles. The molecule has 0 N–H and O–H groups in total. The van der Waals surface area contributed by atoms with Gasteiger partial charge in [-0.2, -0.15) is 17.9 Å². The number of alkyl halides is 3. The largest absolute Gasteiger partial charge is 0.493 e. The summed E-state index contributed by atoms with van der Waals surface area (Å²) >= 11 is 0. The average molecular weight is 421 g/mol. The second-order valence-corrected chi connectivity index (χ2v) is 6.54. The number of halogens is 3. The van der Waals surface area contributed by atoms with Crippen LogP contribution in [0, 0.1) is 0 Å². The van der Waals surface area contributed by atoms with Crippen molar-refractivity contribution in [1.29, 1.82) is 0 Å². The van der Waals surface area contributed by atoms with Gasteiger partial charge in [0.2, 0.25) is 0 Å². The predicted octanol–water partition coefficient (Wildman–Crippen LogP) is 3.72. The summed E-state index contributed by atoms with van der Waals surface area (Å²) in [6.45, 7) is 3.75. The van der Waals surface area contributed by atoms with Crippen molar-refractivity contribution in [3.63, 3.8) is 0 Å². The summed E-state index contributed by atoms with van der Waals surface area (Å²) in [5.41, 5.74) is 0.762. The summed E-state index contributed by atoms with van der Waals surface area (Å²) in [6, 6.07) is 10.4. The Hall–Kier alpha value is -3.14. The molecule has 1 heterocycles. The van der Waals surface area contributed by atoms with Gasteiger partial charge in [-0.05, 0) is 58.9 Å². The van der Waals surface area contributed by atoms with Gasteiger partial charge >= 0.3 is 6.18 Å². The Kier molecular flexibility index (Phi) is 6.56. The van der Waals surface area contributed by atoms with Crippen LogP contribution >= 0.6 is 0 Å². The summed E-state index contributed by atoms with van der Waals surface area (Å²) < 4.78 is 50.4. The van der Waals surface area contributed by atoms with E-state index in [1.807, 2.05) is 25.1 Å². The molecule has 3 aromatic rings. The highest BCUT2D eigenvalue weighted by Gasteiger charge is 2.30. The van der Waals surface area contributed by atoms with Crippen LogP contribution in [0.2, 0.25) is 0 Å². The van der Waals surface area contributed by atoms with Gasteiger partial charge in [0.15, 0.2) is 17.3 Å². The minimum absolute atomic E-state index is 0.416. The fraction of sp³-hybridized carbons (Fsp3) is 0.350. The lowest BCUT2D eigenvalue weighted by molar-refractivity contribution is -0.137. The van der Waals surface area contributed by atoms with Gasteiger partial charge in [-0.25, -0.2) is 0 Å². The van der Waals surface area contributed by atoms with Crippen molar-refractivity contribution in [2.45, 2.75) is 26.2 Å². The van der Waals surface area contributed by atoms with Crippen LogP contribution in [0.25, 0.3) is 5.69 Å². The molecule has 2 aromatic carbocycles. The van der Waals surface area contributed by atoms with Crippen molar-refractivity contribution in [2.24, 2.45) is 0 Å². The standard InChI is InChI=1S/C20H22F3N5O2/c1-4-27(12-14-5-10-17(29-2)18(11-14)30-3)13-19-24-25-26-28(19)16-8-6-15(7-9-16)20(21,22)23/h5-11H,4,12-13H2,1-3H3. The van der Waals surface area contributed by atoms with Crippen molar-refractivity contribution in [2.75, 3.05) is 20.8 Å². The molecule has 0 radical (unpaired) electrons. The molecule has 0 atom stereocenters. The fourth-order valence-corrected chi connectivity index (χ4v) is 3.01. The van der Waals surface area contributed by atoms with Gasteiger partial charge in [-0.3, -0.25) is 4.90 Å². The van der Waals surface area contributed by atoms with Gasteiger partial charge in [0.05, 0.1) is 32.0 Å². The number of aromatic nitrogens is 4. The number of ether oxygens (including phenoxy) is 2. The van der Waals surface area contributed by atoms with E-state index in [9.17, 15) is 13.2 Å². The smallest absolute Gasteiger partial charge is 0.416 e. The van der Waals surface area contributed by atoms with Crippen molar-refractivity contribution in [3.8, 4) is 17.2 Å². The van der Waals surface area contributed by atoms with Gasteiger partial charge < -0.3 is 9.47 Å². The van der Waals surface area contributed by atoms with E-state index in [1.54, 1.807) is 14.2 Å². The molecule has 0 saturated heterocycles. The topological polar surface area (TPSA) is 65.3 Å². The third-order valence-corrected chi connectivity index (χ3v) is 4.64. The van der Waals surface area contributed by atoms with E-state index in [4.69, 9.17) is 9.47 Å². The van der Waals surface area contributed by atoms with Crippen LogP contribution in [-0.4, -0.2) is 45.9 Å². The molecule has 0 aliphatic heterocycles. The number of nitrogens with zero attached hydrogens (tertiary/aromatic N) is 5. The third kappa shape index (κ3) is 4.88. The molecular weight excluding hydrogens is 399 g/mol. The number of hydrogen-bond donors (Lipinski definition) is 0. The molecular formula is C20H22F3N5O2. The SMILES string of the molecule is CCN(Cc1ccc(OC)c(OC)c1)Cc1nnnn1-c1ccc(C(F)(F)F)cc1. The van der Waals surface area contributed by atoms with E-state index in [0.717, 1.165) is 17.7 Å². The first-order valence-electron chi connectivity index (χ1n) is 9.23. The highest BCUT2D eigenvalue weighted by atomic mass is 19.4. The number of hydrogen-bond acceptors (Lipinski definition) is 6. The zero-order valence-corrected chi connectivity index (χ0v) is 16.8. The Morgan fingerprint density at radius 2 is 1.67 bits per heavy atom. The highest BCUT2D eigenvalue weighted by molar-refractivity contribution is 5.43. The second kappa shape index (κ2) is 9.12. The lowest BCUT2D eigenvalue weighted by atomic mass is 10.2. The van der Waals surface area contributed by atoms with E-state index in [0.29, 0.717) is 42.6 Å². The molecule has 0 amide bonds. The van der Waals surface area contributed by atoms with Gasteiger partial charge in [0.1, 0.15) is 0 Å². The number of benzene rings is 2. The Labute approximate surface area is 172 Å². The van der Waals surface area contributed by atoms with Crippen LogP contribution < -0.4 is 9.47 Å². The Balaban J connectivity index is 1.77. The third-order valence-electron chi connectivity index (χ3n) is 4.64. The van der Waals surface area contributed by atoms with Crippen LogP contribution in [-0.2, 0) is 19.3 Å². The van der Waals surface area contributed by atoms with E-state index in [-0.39, 0.29) is 0 Å². The molecule has 0 aliphatic rings. The summed E-state index contributed by atoms with van der Waals surface area (Å²) in [7, 11) is 3.16. The minimum atomic E-state index is -4.39. The molecule has 3 rings (SSSR count). The number of methoxy groups -OCH3 is 2. The molecule has 0 bridgehead atoms. The first-order chi connectivity index (χ1) is 14.4. The molecule has 0 saturated carbocycles. The molecule has 0 unspecified atom stereocenters. The minimum Gasteiger partial charge on any atom is -0.493 e. The average Bonchev–Trinajstić information content (AvgIpc) is 3.20. The molecule has 1 aromatic heterocycles.